The average molecular weight is 518 g/mol. The molecule has 0 saturated heterocycles. The zero-order valence-electron chi connectivity index (χ0n) is 20.9. The van der Waals surface area contributed by atoms with Crippen molar-refractivity contribution in [2.75, 3.05) is 10.2 Å². The van der Waals surface area contributed by atoms with Crippen LogP contribution in [0.4, 0.5) is 11.4 Å². The van der Waals surface area contributed by atoms with Gasteiger partial charge in [0.05, 0.1) is 11.7 Å². The van der Waals surface area contributed by atoms with Gasteiger partial charge in [-0.2, -0.15) is 0 Å². The second-order valence-electron chi connectivity index (χ2n) is 10.3. The number of amides is 1. The Hall–Kier alpha value is -3.84. The zero-order chi connectivity index (χ0) is 26.3. The molecule has 3 aromatic rings. The fourth-order valence-electron chi connectivity index (χ4n) is 5.16. The molecular weight excluding hydrogens is 490 g/mol. The van der Waals surface area contributed by atoms with Crippen LogP contribution in [0, 0.1) is 5.41 Å². The van der Waals surface area contributed by atoms with E-state index in [1.807, 2.05) is 26.0 Å². The van der Waals surface area contributed by atoms with E-state index in [1.165, 1.54) is 11.8 Å². The Bertz CT molecular complexity index is 1420. The number of hydrogen-bond donors (Lipinski definition) is 2. The molecule has 2 aliphatic rings. The standard InChI is InChI=1S/C29H28ClN3O4/c1-17(34)33-23-7-4-8-24(35)27(23)32-22-13-29(2,3)14-25(36)26(22)28(33)20-10-9-19(12-21(20)30)37-16-18-6-5-11-31-15-18/h4-12,15,28,32,35H,13-14,16H2,1-3H3. The fraction of sp³-hybridized carbons (Fsp3) is 0.276. The molecular formula is C29H28ClN3O4. The maximum absolute atomic E-state index is 13.7. The predicted molar refractivity (Wildman–Crippen MR) is 143 cm³/mol. The molecule has 190 valence electrons. The average Bonchev–Trinajstić information content (AvgIpc) is 2.98. The van der Waals surface area contributed by atoms with Gasteiger partial charge in [0.1, 0.15) is 23.8 Å². The Balaban J connectivity index is 1.63. The Kier molecular flexibility index (Phi) is 6.42. The van der Waals surface area contributed by atoms with Crippen molar-refractivity contribution < 1.29 is 19.4 Å². The minimum atomic E-state index is -0.772. The molecule has 1 aromatic heterocycles. The molecule has 0 radical (unpaired) electrons. The van der Waals surface area contributed by atoms with E-state index in [0.717, 1.165) is 5.56 Å². The number of ketones is 1. The summed E-state index contributed by atoms with van der Waals surface area (Å²) in [5, 5.41) is 14.4. The predicted octanol–water partition coefficient (Wildman–Crippen LogP) is 6.18. The molecule has 8 heteroatoms. The summed E-state index contributed by atoms with van der Waals surface area (Å²) in [4.78, 5) is 32.5. The number of phenolic OH excluding ortho intramolecular Hbond substituents is 1. The number of aromatic hydroxyl groups is 1. The number of pyridine rings is 1. The van der Waals surface area contributed by atoms with Gasteiger partial charge < -0.3 is 15.2 Å². The number of carbonyl (C=O) groups is 2. The summed E-state index contributed by atoms with van der Waals surface area (Å²) >= 11 is 6.83. The molecule has 1 unspecified atom stereocenters. The smallest absolute Gasteiger partial charge is 0.224 e. The molecule has 1 aliphatic carbocycles. The van der Waals surface area contributed by atoms with Crippen LogP contribution in [0.3, 0.4) is 0 Å². The Labute approximate surface area is 220 Å². The van der Waals surface area contributed by atoms with E-state index in [4.69, 9.17) is 16.3 Å². The second-order valence-corrected chi connectivity index (χ2v) is 10.7. The maximum Gasteiger partial charge on any atom is 0.224 e. The number of carbonyl (C=O) groups excluding carboxylic acids is 2. The van der Waals surface area contributed by atoms with E-state index in [2.05, 4.69) is 10.3 Å². The van der Waals surface area contributed by atoms with Crippen LogP contribution in [0.25, 0.3) is 0 Å². The molecule has 1 aliphatic heterocycles. The van der Waals surface area contributed by atoms with Gasteiger partial charge in [-0.15, -0.1) is 0 Å². The number of benzene rings is 2. The van der Waals surface area contributed by atoms with Gasteiger partial charge in [-0.05, 0) is 47.7 Å². The first-order valence-corrected chi connectivity index (χ1v) is 12.5. The lowest BCUT2D eigenvalue weighted by Gasteiger charge is -2.37. The maximum atomic E-state index is 13.7. The number of phenols is 1. The van der Waals surface area contributed by atoms with Gasteiger partial charge in [-0.1, -0.05) is 43.6 Å². The number of fused-ring (bicyclic) bond motifs is 1. The van der Waals surface area contributed by atoms with Crippen LogP contribution in [0.1, 0.15) is 50.8 Å². The normalized spacial score (nSPS) is 18.4. The Morgan fingerprint density at radius 3 is 2.73 bits per heavy atom. The lowest BCUT2D eigenvalue weighted by molar-refractivity contribution is -0.118. The minimum absolute atomic E-state index is 0.00248. The highest BCUT2D eigenvalue weighted by atomic mass is 35.5. The van der Waals surface area contributed by atoms with Crippen molar-refractivity contribution in [3.63, 3.8) is 0 Å². The third-order valence-corrected chi connectivity index (χ3v) is 7.07. The van der Waals surface area contributed by atoms with E-state index in [1.54, 1.807) is 48.8 Å². The van der Waals surface area contributed by atoms with Crippen LogP contribution in [0.2, 0.25) is 5.02 Å². The molecule has 0 fully saturated rings. The first-order chi connectivity index (χ1) is 17.6. The van der Waals surface area contributed by atoms with Crippen molar-refractivity contribution in [3.05, 3.63) is 88.3 Å². The molecule has 5 rings (SSSR count). The summed E-state index contributed by atoms with van der Waals surface area (Å²) in [5.41, 5.74) is 3.28. The number of rotatable bonds is 4. The minimum Gasteiger partial charge on any atom is -0.506 e. The number of nitrogens with zero attached hydrogens (tertiary/aromatic N) is 2. The van der Waals surface area contributed by atoms with Crippen LogP contribution in [0.15, 0.2) is 72.2 Å². The quantitative estimate of drug-likeness (QED) is 0.401. The van der Waals surface area contributed by atoms with E-state index < -0.39 is 6.04 Å². The number of para-hydroxylation sites is 1. The summed E-state index contributed by atoms with van der Waals surface area (Å²) in [6.45, 7) is 5.84. The van der Waals surface area contributed by atoms with E-state index >= 15 is 0 Å². The van der Waals surface area contributed by atoms with Crippen molar-refractivity contribution >= 4 is 34.7 Å². The number of halogens is 1. The van der Waals surface area contributed by atoms with Gasteiger partial charge >= 0.3 is 0 Å². The molecule has 2 aromatic carbocycles. The lowest BCUT2D eigenvalue weighted by Crippen LogP contribution is -2.38. The lowest BCUT2D eigenvalue weighted by atomic mass is 9.73. The molecule has 0 spiro atoms. The first-order valence-electron chi connectivity index (χ1n) is 12.1. The summed E-state index contributed by atoms with van der Waals surface area (Å²) < 4.78 is 5.91. The third kappa shape index (κ3) is 4.79. The summed E-state index contributed by atoms with van der Waals surface area (Å²) in [5.74, 6) is 0.215. The van der Waals surface area contributed by atoms with Crippen LogP contribution in [-0.2, 0) is 16.2 Å². The van der Waals surface area contributed by atoms with Crippen molar-refractivity contribution in [3.8, 4) is 11.5 Å². The molecule has 1 atom stereocenters. The molecule has 1 amide bonds. The van der Waals surface area contributed by atoms with Crippen molar-refractivity contribution in [1.82, 2.24) is 4.98 Å². The van der Waals surface area contributed by atoms with Gasteiger partial charge in [0, 0.05) is 47.6 Å². The number of ether oxygens (including phenoxy) is 1. The highest BCUT2D eigenvalue weighted by molar-refractivity contribution is 6.31. The molecule has 0 bridgehead atoms. The second kappa shape index (κ2) is 9.56. The molecule has 2 heterocycles. The number of Topliss-reactive ketones (excluding diaryl/α,β-unsaturated/α-hetero) is 1. The highest BCUT2D eigenvalue weighted by Gasteiger charge is 2.43. The van der Waals surface area contributed by atoms with Crippen molar-refractivity contribution in [1.29, 1.82) is 0 Å². The first kappa shape index (κ1) is 24.8. The fourth-order valence-corrected chi connectivity index (χ4v) is 5.43. The van der Waals surface area contributed by atoms with Gasteiger partial charge in [0.2, 0.25) is 5.91 Å². The van der Waals surface area contributed by atoms with Gasteiger partial charge in [-0.25, -0.2) is 0 Å². The van der Waals surface area contributed by atoms with E-state index in [-0.39, 0.29) is 22.9 Å². The highest BCUT2D eigenvalue weighted by Crippen LogP contribution is 2.51. The summed E-state index contributed by atoms with van der Waals surface area (Å²) in [7, 11) is 0. The molecule has 7 nitrogen and oxygen atoms in total. The number of aromatic nitrogens is 1. The monoisotopic (exact) mass is 517 g/mol. The summed E-state index contributed by atoms with van der Waals surface area (Å²) in [6.07, 6.45) is 4.35. The van der Waals surface area contributed by atoms with Crippen molar-refractivity contribution in [2.24, 2.45) is 5.41 Å². The van der Waals surface area contributed by atoms with E-state index in [9.17, 15) is 14.7 Å². The van der Waals surface area contributed by atoms with E-state index in [0.29, 0.717) is 58.4 Å². The zero-order valence-corrected chi connectivity index (χ0v) is 21.7. The molecule has 0 saturated carbocycles. The topological polar surface area (TPSA) is 91.8 Å². The molecule has 2 N–H and O–H groups in total. The molecule has 37 heavy (non-hydrogen) atoms. The Morgan fingerprint density at radius 1 is 1.22 bits per heavy atom. The Morgan fingerprint density at radius 2 is 2.03 bits per heavy atom. The van der Waals surface area contributed by atoms with Gasteiger partial charge in [0.25, 0.3) is 0 Å². The number of nitrogens with one attached hydrogen (secondary N) is 1. The SMILES string of the molecule is CC(=O)N1c2cccc(O)c2NC2=C(C(=O)CC(C)(C)C2)C1c1ccc(OCc2cccnc2)cc1Cl. The van der Waals surface area contributed by atoms with Gasteiger partial charge in [0.15, 0.2) is 5.78 Å². The van der Waals surface area contributed by atoms with Crippen molar-refractivity contribution in [2.45, 2.75) is 46.3 Å². The van der Waals surface area contributed by atoms with Crippen LogP contribution < -0.4 is 15.0 Å². The van der Waals surface area contributed by atoms with Crippen LogP contribution in [0.5, 0.6) is 11.5 Å². The number of allylic oxidation sites excluding steroid dienone is 1. The third-order valence-electron chi connectivity index (χ3n) is 6.74. The summed E-state index contributed by atoms with van der Waals surface area (Å²) in [6, 6.07) is 13.3. The largest absolute Gasteiger partial charge is 0.506 e. The van der Waals surface area contributed by atoms with Gasteiger partial charge in [-0.3, -0.25) is 19.5 Å². The van der Waals surface area contributed by atoms with Crippen LogP contribution in [-0.4, -0.2) is 21.8 Å². The number of hydrogen-bond acceptors (Lipinski definition) is 6. The number of anilines is 2. The van der Waals surface area contributed by atoms with Crippen LogP contribution >= 0.6 is 11.6 Å².